The van der Waals surface area contributed by atoms with Crippen molar-refractivity contribution in [3.8, 4) is 0 Å². The molecular weight excluding hydrogens is 306 g/mol. The Hall–Kier alpha value is -0.263. The van der Waals surface area contributed by atoms with Crippen LogP contribution in [0, 0.1) is 0 Å². The van der Waals surface area contributed by atoms with Gasteiger partial charge in [-0.2, -0.15) is 0 Å². The van der Waals surface area contributed by atoms with Gasteiger partial charge in [-0.3, -0.25) is 4.90 Å². The summed E-state index contributed by atoms with van der Waals surface area (Å²) in [6.07, 6.45) is -0.387. The minimum atomic E-state index is -1.89. The summed E-state index contributed by atoms with van der Waals surface area (Å²) in [5, 5.41) is 0.128. The fourth-order valence-electron chi connectivity index (χ4n) is 1.77. The predicted octanol–water partition coefficient (Wildman–Crippen LogP) is 4.23. The molecule has 0 radical (unpaired) electrons. The van der Waals surface area contributed by atoms with Gasteiger partial charge >= 0.3 is 6.09 Å². The third-order valence-electron chi connectivity index (χ3n) is 4.11. The van der Waals surface area contributed by atoms with Gasteiger partial charge in [-0.25, -0.2) is 4.79 Å². The Morgan fingerprint density at radius 2 is 1.81 bits per heavy atom. The standard InChI is InChI=1S/C15H30ClNO3Si/c1-14(2,3)19-13(18)17-10-11(17)12(9-16)20-21(7,8)15(4,5)6/h11-12H,9-10H2,1-8H3/t11?,12-,17?/m0/s1. The third kappa shape index (κ3) is 5.15. The van der Waals surface area contributed by atoms with Gasteiger partial charge in [0.1, 0.15) is 5.60 Å². The van der Waals surface area contributed by atoms with E-state index in [9.17, 15) is 4.79 Å². The lowest BCUT2D eigenvalue weighted by molar-refractivity contribution is 0.0377. The Morgan fingerprint density at radius 1 is 1.29 bits per heavy atom. The summed E-state index contributed by atoms with van der Waals surface area (Å²) in [4.78, 5) is 13.7. The van der Waals surface area contributed by atoms with Gasteiger partial charge in [0.25, 0.3) is 0 Å². The van der Waals surface area contributed by atoms with Crippen LogP contribution in [0.4, 0.5) is 4.79 Å². The van der Waals surface area contributed by atoms with Crippen LogP contribution in [0.5, 0.6) is 0 Å². The van der Waals surface area contributed by atoms with Gasteiger partial charge in [-0.15, -0.1) is 11.6 Å². The number of alkyl halides is 1. The summed E-state index contributed by atoms with van der Waals surface area (Å²) in [5.74, 6) is 0.399. The summed E-state index contributed by atoms with van der Waals surface area (Å²) in [5.41, 5.74) is -0.471. The second kappa shape index (κ2) is 6.09. The van der Waals surface area contributed by atoms with Crippen molar-refractivity contribution >= 4 is 26.0 Å². The van der Waals surface area contributed by atoms with Crippen molar-refractivity contribution in [3.05, 3.63) is 0 Å². The van der Waals surface area contributed by atoms with Crippen LogP contribution in [0.2, 0.25) is 18.1 Å². The average Bonchev–Trinajstić information content (AvgIpc) is 3.01. The lowest BCUT2D eigenvalue weighted by Crippen LogP contribution is -2.46. The molecule has 1 fully saturated rings. The maximum absolute atomic E-state index is 12.0. The Labute approximate surface area is 135 Å². The summed E-state index contributed by atoms with van der Waals surface area (Å²) in [6, 6.07) is 0.0477. The van der Waals surface area contributed by atoms with Crippen molar-refractivity contribution in [3.63, 3.8) is 0 Å². The van der Waals surface area contributed by atoms with Crippen LogP contribution in [0.1, 0.15) is 41.5 Å². The van der Waals surface area contributed by atoms with Crippen molar-refractivity contribution in [2.24, 2.45) is 0 Å². The molecule has 1 rings (SSSR count). The van der Waals surface area contributed by atoms with E-state index in [2.05, 4.69) is 33.9 Å². The molecule has 0 aliphatic carbocycles. The van der Waals surface area contributed by atoms with Gasteiger partial charge < -0.3 is 9.16 Å². The number of carbonyl (C=O) groups excluding carboxylic acids is 1. The van der Waals surface area contributed by atoms with Crippen LogP contribution in [-0.4, -0.2) is 49.5 Å². The summed E-state index contributed by atoms with van der Waals surface area (Å²) >= 11 is 6.08. The number of nitrogens with zero attached hydrogens (tertiary/aromatic N) is 1. The largest absolute Gasteiger partial charge is 0.444 e. The molecule has 21 heavy (non-hydrogen) atoms. The minimum Gasteiger partial charge on any atom is -0.444 e. The topological polar surface area (TPSA) is 38.5 Å². The first kappa shape index (κ1) is 18.8. The number of carbonyl (C=O) groups is 1. The summed E-state index contributed by atoms with van der Waals surface area (Å²) < 4.78 is 11.7. The number of ether oxygens (including phenoxy) is 1. The highest BCUT2D eigenvalue weighted by Crippen LogP contribution is 2.39. The fourth-order valence-corrected chi connectivity index (χ4v) is 3.50. The molecule has 0 aromatic heterocycles. The third-order valence-corrected chi connectivity index (χ3v) is 8.92. The summed E-state index contributed by atoms with van der Waals surface area (Å²) in [6.45, 7) is 17.3. The first-order chi connectivity index (χ1) is 9.28. The van der Waals surface area contributed by atoms with Gasteiger partial charge in [0.2, 0.25) is 0 Å². The van der Waals surface area contributed by atoms with Crippen molar-refractivity contribution in [1.29, 1.82) is 0 Å². The molecule has 1 heterocycles. The molecule has 0 aromatic carbocycles. The molecule has 1 unspecified atom stereocenters. The van der Waals surface area contributed by atoms with E-state index in [1.54, 1.807) is 4.90 Å². The monoisotopic (exact) mass is 335 g/mol. The number of hydrogen-bond acceptors (Lipinski definition) is 3. The molecule has 4 nitrogen and oxygen atoms in total. The second-order valence-electron chi connectivity index (χ2n) is 8.27. The molecule has 1 aliphatic heterocycles. The maximum Gasteiger partial charge on any atom is 0.410 e. The van der Waals surface area contributed by atoms with Gasteiger partial charge in [0, 0.05) is 12.4 Å². The van der Waals surface area contributed by atoms with Crippen molar-refractivity contribution in [1.82, 2.24) is 4.90 Å². The molecule has 1 aliphatic rings. The van der Waals surface area contributed by atoms with E-state index in [0.717, 1.165) is 0 Å². The van der Waals surface area contributed by atoms with E-state index in [0.29, 0.717) is 12.4 Å². The molecule has 0 bridgehead atoms. The Bertz CT molecular complexity index is 387. The quantitative estimate of drug-likeness (QED) is 0.438. The van der Waals surface area contributed by atoms with Gasteiger partial charge in [0.15, 0.2) is 8.32 Å². The molecule has 6 heteroatoms. The van der Waals surface area contributed by atoms with E-state index in [4.69, 9.17) is 20.8 Å². The molecule has 0 aromatic rings. The maximum atomic E-state index is 12.0. The first-order valence-corrected chi connectivity index (χ1v) is 11.0. The molecular formula is C15H30ClNO3Si. The number of amides is 1. The SMILES string of the molecule is CC(C)(C)OC(=O)N1CC1[C@H](CCl)O[Si](C)(C)C(C)(C)C. The number of hydrogen-bond donors (Lipinski definition) is 0. The van der Waals surface area contributed by atoms with Crippen LogP contribution < -0.4 is 0 Å². The number of halogens is 1. The number of rotatable bonds is 4. The highest BCUT2D eigenvalue weighted by atomic mass is 35.5. The van der Waals surface area contributed by atoms with Crippen LogP contribution in [-0.2, 0) is 9.16 Å². The average molecular weight is 336 g/mol. The van der Waals surface area contributed by atoms with E-state index in [1.807, 2.05) is 20.8 Å². The van der Waals surface area contributed by atoms with Gasteiger partial charge in [-0.05, 0) is 38.9 Å². The molecule has 124 valence electrons. The van der Waals surface area contributed by atoms with E-state index in [1.165, 1.54) is 0 Å². The van der Waals surface area contributed by atoms with Crippen molar-refractivity contribution in [2.75, 3.05) is 12.4 Å². The minimum absolute atomic E-state index is 0.0477. The normalized spacial score (nSPS) is 21.2. The van der Waals surface area contributed by atoms with Gasteiger partial charge in [-0.1, -0.05) is 20.8 Å². The zero-order chi connectivity index (χ0) is 16.6. The van der Waals surface area contributed by atoms with Crippen LogP contribution in [0.15, 0.2) is 0 Å². The molecule has 0 N–H and O–H groups in total. The zero-order valence-electron chi connectivity index (χ0n) is 14.6. The lowest BCUT2D eigenvalue weighted by Gasteiger charge is -2.39. The van der Waals surface area contributed by atoms with E-state index < -0.39 is 13.9 Å². The zero-order valence-corrected chi connectivity index (χ0v) is 16.4. The lowest BCUT2D eigenvalue weighted by atomic mass is 10.2. The molecule has 2 atom stereocenters. The van der Waals surface area contributed by atoms with Crippen LogP contribution >= 0.6 is 11.6 Å². The van der Waals surface area contributed by atoms with Gasteiger partial charge in [0.05, 0.1) is 12.1 Å². The molecule has 1 amide bonds. The smallest absolute Gasteiger partial charge is 0.410 e. The van der Waals surface area contributed by atoms with Crippen LogP contribution in [0.25, 0.3) is 0 Å². The van der Waals surface area contributed by atoms with E-state index >= 15 is 0 Å². The van der Waals surface area contributed by atoms with Crippen LogP contribution in [0.3, 0.4) is 0 Å². The summed E-state index contributed by atoms with van der Waals surface area (Å²) in [7, 11) is -1.89. The Morgan fingerprint density at radius 3 is 2.19 bits per heavy atom. The highest BCUT2D eigenvalue weighted by Gasteiger charge is 2.49. The Kier molecular flexibility index (Phi) is 5.45. The molecule has 1 saturated heterocycles. The first-order valence-electron chi connectivity index (χ1n) is 7.52. The van der Waals surface area contributed by atoms with E-state index in [-0.39, 0.29) is 23.3 Å². The Balaban J connectivity index is 2.63. The fraction of sp³-hybridized carbons (Fsp3) is 0.933. The molecule has 0 saturated carbocycles. The highest BCUT2D eigenvalue weighted by molar-refractivity contribution is 6.74. The van der Waals surface area contributed by atoms with Crippen molar-refractivity contribution in [2.45, 2.75) is 77.4 Å². The molecule has 0 spiro atoms. The predicted molar refractivity (Wildman–Crippen MR) is 89.5 cm³/mol. The second-order valence-corrected chi connectivity index (χ2v) is 13.3. The van der Waals surface area contributed by atoms with Crippen molar-refractivity contribution < 1.29 is 14.0 Å².